The number of hydrogen-bond acceptors (Lipinski definition) is 8. The standard InChI is InChI=1S/C26H25Cl2F2N7O3S/c27-16-9-14(10-17-15(16)1-5-31-17)23-21-22(34-41-23)25(39)36(13-32-21)12-26(40)3-7-35(8-4-26)20(38)11-18(24(29)30)37-6-2-19(28)33-37/h2,6,9-10,13,18,24,31,40H,1,3-5,7-8,11-12H2. The molecule has 1 aromatic carbocycles. The molecule has 1 atom stereocenters. The third kappa shape index (κ3) is 5.43. The number of aliphatic hydroxyl groups is 1. The van der Waals surface area contributed by atoms with Crippen molar-refractivity contribution in [3.63, 3.8) is 0 Å². The summed E-state index contributed by atoms with van der Waals surface area (Å²) in [6, 6.07) is 3.78. The largest absolute Gasteiger partial charge is 0.388 e. The lowest BCUT2D eigenvalue weighted by Crippen LogP contribution is -2.50. The molecule has 1 unspecified atom stereocenters. The van der Waals surface area contributed by atoms with Gasteiger partial charge in [-0.3, -0.25) is 18.8 Å². The summed E-state index contributed by atoms with van der Waals surface area (Å²) in [6.07, 6.45) is 0.631. The maximum absolute atomic E-state index is 13.6. The molecule has 0 aliphatic carbocycles. The number of halogens is 4. The molecule has 1 fully saturated rings. The van der Waals surface area contributed by atoms with E-state index >= 15 is 0 Å². The summed E-state index contributed by atoms with van der Waals surface area (Å²) in [7, 11) is 0. The SMILES string of the molecule is O=C(CC(C(F)F)n1ccc(Cl)n1)N1CCC(O)(Cn2cnc3c(-c4cc(Cl)c5c(c4)NCC5)snc3c2=O)CC1. The first-order valence-electron chi connectivity index (χ1n) is 13.0. The molecule has 216 valence electrons. The number of alkyl halides is 2. The van der Waals surface area contributed by atoms with Crippen molar-refractivity contribution in [1.29, 1.82) is 0 Å². The first-order valence-corrected chi connectivity index (χ1v) is 14.6. The van der Waals surface area contributed by atoms with E-state index in [-0.39, 0.29) is 48.7 Å². The summed E-state index contributed by atoms with van der Waals surface area (Å²) in [6.45, 7) is 1.09. The van der Waals surface area contributed by atoms with E-state index in [2.05, 4.69) is 19.8 Å². The van der Waals surface area contributed by atoms with Crippen molar-refractivity contribution < 1.29 is 18.7 Å². The van der Waals surface area contributed by atoms with E-state index < -0.39 is 30.4 Å². The monoisotopic (exact) mass is 623 g/mol. The quantitative estimate of drug-likeness (QED) is 0.316. The van der Waals surface area contributed by atoms with Crippen LogP contribution in [0.2, 0.25) is 10.2 Å². The van der Waals surface area contributed by atoms with Crippen molar-refractivity contribution in [2.24, 2.45) is 0 Å². The van der Waals surface area contributed by atoms with Gasteiger partial charge in [-0.2, -0.15) is 9.47 Å². The number of amides is 1. The van der Waals surface area contributed by atoms with Crippen molar-refractivity contribution in [3.8, 4) is 10.4 Å². The number of piperidine rings is 1. The normalized spacial score (nSPS) is 17.2. The van der Waals surface area contributed by atoms with Crippen LogP contribution in [0.1, 0.15) is 30.9 Å². The number of benzene rings is 1. The molecule has 41 heavy (non-hydrogen) atoms. The summed E-state index contributed by atoms with van der Waals surface area (Å²) in [4.78, 5) is 32.8. The van der Waals surface area contributed by atoms with Crippen LogP contribution in [0.3, 0.4) is 0 Å². The van der Waals surface area contributed by atoms with Crippen LogP contribution >= 0.6 is 34.7 Å². The molecular formula is C26H25Cl2F2N7O3S. The van der Waals surface area contributed by atoms with Crippen LogP contribution in [0.4, 0.5) is 14.5 Å². The average Bonchev–Trinajstić information content (AvgIpc) is 3.69. The van der Waals surface area contributed by atoms with Crippen molar-refractivity contribution in [2.75, 3.05) is 25.0 Å². The van der Waals surface area contributed by atoms with Crippen LogP contribution in [0, 0.1) is 0 Å². The fourth-order valence-electron chi connectivity index (χ4n) is 5.42. The molecule has 1 saturated heterocycles. The van der Waals surface area contributed by atoms with E-state index in [1.54, 1.807) is 0 Å². The van der Waals surface area contributed by atoms with Gasteiger partial charge in [0.25, 0.3) is 12.0 Å². The van der Waals surface area contributed by atoms with E-state index in [4.69, 9.17) is 23.2 Å². The minimum absolute atomic E-state index is 0.0380. The molecule has 4 aromatic rings. The maximum atomic E-state index is 13.6. The number of aromatic nitrogens is 5. The van der Waals surface area contributed by atoms with Gasteiger partial charge in [-0.1, -0.05) is 23.2 Å². The van der Waals surface area contributed by atoms with Gasteiger partial charge in [-0.15, -0.1) is 0 Å². The molecule has 0 radical (unpaired) electrons. The zero-order chi connectivity index (χ0) is 28.9. The van der Waals surface area contributed by atoms with Gasteiger partial charge in [0.2, 0.25) is 5.91 Å². The van der Waals surface area contributed by atoms with Gasteiger partial charge < -0.3 is 15.3 Å². The molecule has 2 aliphatic rings. The van der Waals surface area contributed by atoms with E-state index in [0.717, 1.165) is 50.9 Å². The molecule has 10 nitrogen and oxygen atoms in total. The molecule has 1 amide bonds. The third-order valence-electron chi connectivity index (χ3n) is 7.71. The highest BCUT2D eigenvalue weighted by atomic mass is 35.5. The first-order chi connectivity index (χ1) is 19.6. The second-order valence-electron chi connectivity index (χ2n) is 10.4. The van der Waals surface area contributed by atoms with Crippen LogP contribution in [-0.4, -0.2) is 71.3 Å². The highest BCUT2D eigenvalue weighted by Gasteiger charge is 2.36. The lowest BCUT2D eigenvalue weighted by atomic mass is 9.91. The Kier molecular flexibility index (Phi) is 7.47. The number of rotatable bonds is 7. The van der Waals surface area contributed by atoms with E-state index in [9.17, 15) is 23.5 Å². The Morgan fingerprint density at radius 3 is 2.71 bits per heavy atom. The summed E-state index contributed by atoms with van der Waals surface area (Å²) in [5.41, 5.74) is 1.84. The molecule has 3 aromatic heterocycles. The molecule has 2 N–H and O–H groups in total. The Hall–Kier alpha value is -3.13. The van der Waals surface area contributed by atoms with Crippen LogP contribution in [0.25, 0.3) is 21.5 Å². The first kappa shape index (κ1) is 28.0. The third-order valence-corrected chi connectivity index (χ3v) is 9.13. The summed E-state index contributed by atoms with van der Waals surface area (Å²) in [5.74, 6) is -0.471. The van der Waals surface area contributed by atoms with Gasteiger partial charge in [-0.25, -0.2) is 13.8 Å². The second-order valence-corrected chi connectivity index (χ2v) is 11.9. The Bertz CT molecular complexity index is 1680. The number of nitrogens with one attached hydrogen (secondary N) is 1. The van der Waals surface area contributed by atoms with Crippen molar-refractivity contribution in [3.05, 3.63) is 56.8 Å². The molecule has 6 rings (SSSR count). The zero-order valence-electron chi connectivity index (χ0n) is 21.6. The number of anilines is 1. The summed E-state index contributed by atoms with van der Waals surface area (Å²) < 4.78 is 34.0. The van der Waals surface area contributed by atoms with Gasteiger partial charge in [0.1, 0.15) is 11.6 Å². The topological polar surface area (TPSA) is 118 Å². The highest BCUT2D eigenvalue weighted by Crippen LogP contribution is 2.38. The number of likely N-dealkylation sites (tertiary alicyclic amines) is 1. The highest BCUT2D eigenvalue weighted by molar-refractivity contribution is 7.11. The van der Waals surface area contributed by atoms with Crippen LogP contribution < -0.4 is 10.9 Å². The van der Waals surface area contributed by atoms with Crippen molar-refractivity contribution in [1.82, 2.24) is 28.6 Å². The smallest absolute Gasteiger partial charge is 0.281 e. The average molecular weight is 625 g/mol. The number of fused-ring (bicyclic) bond motifs is 2. The zero-order valence-corrected chi connectivity index (χ0v) is 23.9. The van der Waals surface area contributed by atoms with Gasteiger partial charge >= 0.3 is 0 Å². The lowest BCUT2D eigenvalue weighted by molar-refractivity contribution is -0.138. The Morgan fingerprint density at radius 1 is 1.22 bits per heavy atom. The molecule has 15 heteroatoms. The van der Waals surface area contributed by atoms with Gasteiger partial charge in [0.15, 0.2) is 10.7 Å². The van der Waals surface area contributed by atoms with Gasteiger partial charge in [0, 0.05) is 36.5 Å². The Labute approximate surface area is 246 Å². The molecule has 0 spiro atoms. The number of nitrogens with zero attached hydrogens (tertiary/aromatic N) is 6. The second kappa shape index (κ2) is 10.9. The molecule has 2 aliphatic heterocycles. The fourth-order valence-corrected chi connectivity index (χ4v) is 6.68. The molecular weight excluding hydrogens is 599 g/mol. The van der Waals surface area contributed by atoms with E-state index in [1.807, 2.05) is 12.1 Å². The Morgan fingerprint density at radius 2 is 2.00 bits per heavy atom. The maximum Gasteiger partial charge on any atom is 0.281 e. The predicted octanol–water partition coefficient (Wildman–Crippen LogP) is 4.24. The lowest BCUT2D eigenvalue weighted by Gasteiger charge is -2.38. The summed E-state index contributed by atoms with van der Waals surface area (Å²) in [5, 5.41) is 19.1. The van der Waals surface area contributed by atoms with Gasteiger partial charge in [-0.05, 0) is 60.1 Å². The van der Waals surface area contributed by atoms with Crippen LogP contribution in [0.15, 0.2) is 35.5 Å². The Balaban J connectivity index is 1.14. The fraction of sp³-hybridized carbons (Fsp3) is 0.423. The van der Waals surface area contributed by atoms with Crippen molar-refractivity contribution in [2.45, 2.75) is 50.3 Å². The predicted molar refractivity (Wildman–Crippen MR) is 152 cm³/mol. The van der Waals surface area contributed by atoms with Crippen molar-refractivity contribution >= 4 is 57.4 Å². The number of carbonyl (C=O) groups is 1. The minimum Gasteiger partial charge on any atom is -0.388 e. The number of carbonyl (C=O) groups excluding carboxylic acids is 1. The molecule has 5 heterocycles. The number of hydrogen-bond donors (Lipinski definition) is 2. The molecule has 0 saturated carbocycles. The van der Waals surface area contributed by atoms with E-state index in [0.29, 0.717) is 10.5 Å². The molecule has 0 bridgehead atoms. The van der Waals surface area contributed by atoms with Crippen LogP contribution in [-0.2, 0) is 17.8 Å². The minimum atomic E-state index is -2.81. The van der Waals surface area contributed by atoms with Gasteiger partial charge in [0.05, 0.1) is 29.8 Å². The van der Waals surface area contributed by atoms with Crippen LogP contribution in [0.5, 0.6) is 0 Å². The van der Waals surface area contributed by atoms with E-state index in [1.165, 1.54) is 28.1 Å². The summed E-state index contributed by atoms with van der Waals surface area (Å²) >= 11 is 13.4.